The number of nitrogens with one attached hydrogen (secondary N) is 1. The summed E-state index contributed by atoms with van der Waals surface area (Å²) in [6.07, 6.45) is 5.32. The number of amides is 1. The summed E-state index contributed by atoms with van der Waals surface area (Å²) >= 11 is 0. The average molecular weight is 708 g/mol. The highest BCUT2D eigenvalue weighted by Crippen LogP contribution is 2.40. The average Bonchev–Trinajstić information content (AvgIpc) is 3.57. The molecule has 4 aromatic heterocycles. The molecule has 14 heteroatoms. The number of anilines is 4. The number of nitrogens with zero attached hydrogens (tertiary/aromatic N) is 8. The van der Waals surface area contributed by atoms with Gasteiger partial charge in [0.25, 0.3) is 11.5 Å². The van der Waals surface area contributed by atoms with Gasteiger partial charge in [0, 0.05) is 75.8 Å². The van der Waals surface area contributed by atoms with Gasteiger partial charge in [0.05, 0.1) is 36.8 Å². The van der Waals surface area contributed by atoms with Gasteiger partial charge in [-0.05, 0) is 61.1 Å². The third-order valence-corrected chi connectivity index (χ3v) is 10.8. The largest absolute Gasteiger partial charge is 0.461 e. The normalized spacial score (nSPS) is 20.0. The van der Waals surface area contributed by atoms with Crippen LogP contribution in [0, 0.1) is 5.41 Å². The van der Waals surface area contributed by atoms with E-state index in [0.717, 1.165) is 51.4 Å². The van der Waals surface area contributed by atoms with Crippen molar-refractivity contribution < 1.29 is 19.1 Å². The van der Waals surface area contributed by atoms with E-state index in [2.05, 4.69) is 55.5 Å². The first-order chi connectivity index (χ1) is 25.0. The molecule has 2 saturated heterocycles. The number of carbonyl (C=O) groups excluding carboxylic acids is 2. The number of hydrogen-bond acceptors (Lipinski definition) is 11. The summed E-state index contributed by atoms with van der Waals surface area (Å²) in [7, 11) is 1.58. The molecule has 0 aromatic carbocycles. The first-order valence-electron chi connectivity index (χ1n) is 18.0. The highest BCUT2D eigenvalue weighted by atomic mass is 16.5. The third-order valence-electron chi connectivity index (χ3n) is 10.8. The Balaban J connectivity index is 1.07. The van der Waals surface area contributed by atoms with E-state index < -0.39 is 5.97 Å². The molecule has 1 aliphatic carbocycles. The van der Waals surface area contributed by atoms with E-state index in [4.69, 9.17) is 9.47 Å². The van der Waals surface area contributed by atoms with Crippen molar-refractivity contribution in [1.29, 1.82) is 0 Å². The maximum Gasteiger partial charge on any atom is 0.302 e. The highest BCUT2D eigenvalue weighted by molar-refractivity contribution is 6.06. The topological polar surface area (TPSA) is 140 Å². The molecule has 1 N–H and O–H groups in total. The summed E-state index contributed by atoms with van der Waals surface area (Å²) in [5.41, 5.74) is 5.81. The molecule has 0 radical (unpaired) electrons. The van der Waals surface area contributed by atoms with Gasteiger partial charge in [-0.25, -0.2) is 14.6 Å². The number of piperazine rings is 1. The van der Waals surface area contributed by atoms with E-state index >= 15 is 0 Å². The van der Waals surface area contributed by atoms with Crippen molar-refractivity contribution in [2.75, 3.05) is 54.5 Å². The summed E-state index contributed by atoms with van der Waals surface area (Å²) < 4.78 is 14.3. The second-order valence-corrected chi connectivity index (χ2v) is 15.2. The Kier molecular flexibility index (Phi) is 8.61. The minimum absolute atomic E-state index is 0.124. The van der Waals surface area contributed by atoms with Crippen LogP contribution in [0.3, 0.4) is 0 Å². The van der Waals surface area contributed by atoms with E-state index in [9.17, 15) is 14.4 Å². The Bertz CT molecular complexity index is 2100. The molecular weight excluding hydrogens is 662 g/mol. The van der Waals surface area contributed by atoms with Crippen LogP contribution in [0.4, 0.5) is 23.0 Å². The molecule has 7 heterocycles. The molecule has 272 valence electrons. The number of ether oxygens (including phenoxy) is 2. The lowest BCUT2D eigenvalue weighted by Crippen LogP contribution is -2.59. The number of esters is 1. The predicted molar refractivity (Wildman–Crippen MR) is 196 cm³/mol. The molecule has 0 saturated carbocycles. The third kappa shape index (κ3) is 6.23. The molecule has 8 rings (SSSR count). The van der Waals surface area contributed by atoms with Crippen LogP contribution in [0.2, 0.25) is 0 Å². The van der Waals surface area contributed by atoms with Crippen LogP contribution in [0.25, 0.3) is 11.3 Å². The van der Waals surface area contributed by atoms with Crippen molar-refractivity contribution >= 4 is 34.9 Å². The van der Waals surface area contributed by atoms with Gasteiger partial charge in [0.1, 0.15) is 29.6 Å². The van der Waals surface area contributed by atoms with Crippen molar-refractivity contribution in [2.45, 2.75) is 65.8 Å². The van der Waals surface area contributed by atoms with Gasteiger partial charge in [-0.2, -0.15) is 5.10 Å². The Labute approximate surface area is 302 Å². The first-order valence-corrected chi connectivity index (χ1v) is 18.0. The summed E-state index contributed by atoms with van der Waals surface area (Å²) in [4.78, 5) is 55.3. The Morgan fingerprint density at radius 2 is 1.88 bits per heavy atom. The molecule has 4 aromatic rings. The zero-order chi connectivity index (χ0) is 36.3. The second kappa shape index (κ2) is 13.2. The number of fused-ring (bicyclic) bond motifs is 3. The number of aryl methyl sites for hydroxylation is 1. The number of hydrogen-bond donors (Lipinski definition) is 1. The van der Waals surface area contributed by atoms with E-state index in [1.807, 2.05) is 24.4 Å². The molecule has 0 bridgehead atoms. The molecule has 0 spiro atoms. The van der Waals surface area contributed by atoms with Crippen LogP contribution >= 0.6 is 0 Å². The molecular formula is C38H45N9O5. The van der Waals surface area contributed by atoms with Gasteiger partial charge in [0.2, 0.25) is 0 Å². The van der Waals surface area contributed by atoms with Crippen LogP contribution in [0.15, 0.2) is 47.5 Å². The minimum atomic E-state index is -0.465. The van der Waals surface area contributed by atoms with E-state index in [0.29, 0.717) is 59.3 Å². The molecule has 3 aliphatic heterocycles. The maximum absolute atomic E-state index is 14.0. The SMILES string of the molecule is CC(=O)OCc1c(-c2cc(Nc3ccc(N4CCN(C5COC5)CC4C)cn3)c(=O)n(C)n2)ccnc1N1CCn2c(cc3c2CC(C)(C)C3)C1=O. The summed E-state index contributed by atoms with van der Waals surface area (Å²) in [5, 5.41) is 7.78. The van der Waals surface area contributed by atoms with Crippen molar-refractivity contribution in [1.82, 2.24) is 29.2 Å². The Morgan fingerprint density at radius 1 is 1.06 bits per heavy atom. The van der Waals surface area contributed by atoms with Gasteiger partial charge >= 0.3 is 5.97 Å². The quantitative estimate of drug-likeness (QED) is 0.269. The van der Waals surface area contributed by atoms with Gasteiger partial charge in [-0.15, -0.1) is 0 Å². The van der Waals surface area contributed by atoms with E-state index in [1.165, 1.54) is 22.9 Å². The molecule has 14 nitrogen and oxygen atoms in total. The lowest BCUT2D eigenvalue weighted by molar-refractivity contribution is -0.142. The lowest BCUT2D eigenvalue weighted by Gasteiger charge is -2.46. The van der Waals surface area contributed by atoms with Crippen molar-refractivity contribution in [3.05, 3.63) is 75.6 Å². The number of aromatic nitrogens is 5. The predicted octanol–water partition coefficient (Wildman–Crippen LogP) is 3.54. The zero-order valence-electron chi connectivity index (χ0n) is 30.4. The van der Waals surface area contributed by atoms with Crippen molar-refractivity contribution in [3.8, 4) is 11.3 Å². The number of rotatable bonds is 8. The maximum atomic E-state index is 14.0. The van der Waals surface area contributed by atoms with Gasteiger partial charge in [-0.3, -0.25) is 24.2 Å². The second-order valence-electron chi connectivity index (χ2n) is 15.2. The van der Waals surface area contributed by atoms with Crippen molar-refractivity contribution in [2.24, 2.45) is 12.5 Å². The smallest absolute Gasteiger partial charge is 0.302 e. The fourth-order valence-corrected chi connectivity index (χ4v) is 8.12. The molecule has 1 amide bonds. The van der Waals surface area contributed by atoms with Gasteiger partial charge in [0.15, 0.2) is 0 Å². The van der Waals surface area contributed by atoms with Crippen LogP contribution in [0.5, 0.6) is 0 Å². The number of carbonyl (C=O) groups is 2. The van der Waals surface area contributed by atoms with Crippen LogP contribution in [0.1, 0.15) is 55.0 Å². The van der Waals surface area contributed by atoms with Crippen LogP contribution < -0.4 is 20.7 Å². The summed E-state index contributed by atoms with van der Waals surface area (Å²) in [5.74, 6) is 0.300. The Morgan fingerprint density at radius 3 is 2.60 bits per heavy atom. The van der Waals surface area contributed by atoms with Gasteiger partial charge < -0.3 is 24.3 Å². The van der Waals surface area contributed by atoms with Crippen LogP contribution in [-0.4, -0.2) is 92.6 Å². The lowest BCUT2D eigenvalue weighted by atomic mass is 9.90. The highest BCUT2D eigenvalue weighted by Gasteiger charge is 2.38. The molecule has 4 aliphatic rings. The molecule has 52 heavy (non-hydrogen) atoms. The molecule has 2 fully saturated rings. The summed E-state index contributed by atoms with van der Waals surface area (Å²) in [6.45, 7) is 13.5. The van der Waals surface area contributed by atoms with E-state index in [1.54, 1.807) is 30.3 Å². The Hall–Kier alpha value is -5.08. The summed E-state index contributed by atoms with van der Waals surface area (Å²) in [6, 6.07) is 10.2. The minimum Gasteiger partial charge on any atom is -0.461 e. The monoisotopic (exact) mass is 707 g/mol. The van der Waals surface area contributed by atoms with Crippen molar-refractivity contribution in [3.63, 3.8) is 0 Å². The zero-order valence-corrected chi connectivity index (χ0v) is 30.4. The standard InChI is InChI=1S/C38H45N9O5/c1-23-19-44(27-20-51-21-27)10-11-45(23)26-6-7-34(40-18-26)41-31-15-30(42-43(5)36(31)49)28-8-9-39-35(29(28)22-52-24(2)48)47-13-12-46-32(37(47)50)14-25-16-38(3,4)17-33(25)46/h6-9,14-15,18,23,27H,10-13,16-17,19-22H2,1-5H3,(H,40,41). The van der Waals surface area contributed by atoms with E-state index in [-0.39, 0.29) is 29.2 Å². The van der Waals surface area contributed by atoms with Gasteiger partial charge in [-0.1, -0.05) is 13.8 Å². The fourth-order valence-electron chi connectivity index (χ4n) is 8.12. The molecule has 1 atom stereocenters. The molecule has 1 unspecified atom stereocenters. The fraction of sp³-hybridized carbons (Fsp3) is 0.474. The van der Waals surface area contributed by atoms with Crippen LogP contribution in [-0.2, 0) is 47.3 Å². The first kappa shape index (κ1) is 34.0. The number of pyridine rings is 2.